The van der Waals surface area contributed by atoms with Crippen molar-refractivity contribution in [2.24, 2.45) is 0 Å². The number of diazo groups is 1. The second kappa shape index (κ2) is 9.98. The zero-order chi connectivity index (χ0) is 17.1. The van der Waals surface area contributed by atoms with Gasteiger partial charge in [0.15, 0.2) is 4.98 Å². The molecule has 3 N–H and O–H groups in total. The summed E-state index contributed by atoms with van der Waals surface area (Å²) in [5.41, 5.74) is 5.58. The van der Waals surface area contributed by atoms with Gasteiger partial charge < -0.3 is 40.3 Å². The summed E-state index contributed by atoms with van der Waals surface area (Å²) in [6.45, 7) is 0.898. The van der Waals surface area contributed by atoms with E-state index >= 15 is 0 Å². The van der Waals surface area contributed by atoms with Crippen molar-refractivity contribution >= 4 is 20.2 Å². The van der Waals surface area contributed by atoms with Gasteiger partial charge in [0, 0.05) is 18.6 Å². The Morgan fingerprint density at radius 3 is 1.43 bits per heavy atom. The van der Waals surface area contributed by atoms with Gasteiger partial charge in [0.2, 0.25) is 5.39 Å². The summed E-state index contributed by atoms with van der Waals surface area (Å²) in [5, 5.41) is 8.37. The van der Waals surface area contributed by atoms with Crippen LogP contribution in [0.1, 0.15) is 5.56 Å². The van der Waals surface area contributed by atoms with Crippen LogP contribution in [-0.4, -0.2) is 21.1 Å². The first kappa shape index (κ1) is 21.5. The molecule has 0 radical (unpaired) electrons. The summed E-state index contributed by atoms with van der Waals surface area (Å²) in [6.07, 6.45) is 0.978. The van der Waals surface area contributed by atoms with Gasteiger partial charge in [-0.05, 0) is 5.56 Å². The molecule has 0 aliphatic heterocycles. The van der Waals surface area contributed by atoms with Crippen LogP contribution in [0.15, 0.2) is 24.3 Å². The highest BCUT2D eigenvalue weighted by Gasteiger charge is 2.21. The fourth-order valence-electron chi connectivity index (χ4n) is 0.933. The Morgan fingerprint density at radius 2 is 1.19 bits per heavy atom. The third kappa shape index (κ3) is 27.4. The van der Waals surface area contributed by atoms with Gasteiger partial charge in [0.1, 0.15) is 0 Å². The van der Waals surface area contributed by atoms with Crippen LogP contribution in [0.25, 0.3) is 4.98 Å². The molecule has 3 nitrogen and oxygen atoms in total. The molecule has 21 heavy (non-hydrogen) atoms. The average Bonchev–Trinajstić information content (AvgIpc) is 2.26. The lowest BCUT2D eigenvalue weighted by atomic mass is 10.1. The minimum absolute atomic E-state index is 0.595. The fraction of sp³-hybridized carbons (Fsp3) is 0.250. The second-order valence-corrected chi connectivity index (χ2v) is 3.36. The molecule has 0 saturated carbocycles. The Labute approximate surface area is 115 Å². The maximum Gasteiger partial charge on any atom is 0.673 e. The van der Waals surface area contributed by atoms with Gasteiger partial charge in [0.25, 0.3) is 0 Å². The monoisotopic (exact) mass is 323 g/mol. The molecule has 0 atom stereocenters. The first-order valence-electron chi connectivity index (χ1n) is 5.34. The van der Waals surface area contributed by atoms with Crippen LogP contribution < -0.4 is 5.73 Å². The molecule has 0 heterocycles. The Hall–Kier alpha value is -1.83. The number of hydrogen-bond donors (Lipinski definition) is 1. The third-order valence-corrected chi connectivity index (χ3v) is 1.52. The highest BCUT2D eigenvalue weighted by molar-refractivity contribution is 6.50. The maximum atomic E-state index is 9.75. The van der Waals surface area contributed by atoms with Crippen molar-refractivity contribution in [3.8, 4) is 0 Å². The fourth-order valence-corrected chi connectivity index (χ4v) is 0.933. The van der Waals surface area contributed by atoms with Crippen molar-refractivity contribution in [1.82, 2.24) is 0 Å². The van der Waals surface area contributed by atoms with Crippen molar-refractivity contribution < 1.29 is 40.3 Å². The van der Waals surface area contributed by atoms with Crippen molar-refractivity contribution in [3.05, 3.63) is 34.8 Å². The molecule has 1 rings (SSSR count). The molecule has 1 aromatic carbocycles. The normalized spacial score (nSPS) is 10.5. The molecule has 0 saturated heterocycles. The van der Waals surface area contributed by atoms with Gasteiger partial charge in [-0.25, -0.2) is 0 Å². The topological polar surface area (TPSA) is 55.8 Å². The summed E-state index contributed by atoms with van der Waals surface area (Å²) in [6, 6.07) is 7.45. The first-order chi connectivity index (χ1) is 9.36. The molecule has 13 heteroatoms. The number of quaternary nitrogens is 1. The predicted octanol–water partition coefficient (Wildman–Crippen LogP) is 3.56. The smallest absolute Gasteiger partial charge is 0.418 e. The van der Waals surface area contributed by atoms with Crippen LogP contribution in [0.5, 0.6) is 0 Å². The lowest BCUT2D eigenvalue weighted by Gasteiger charge is -1.94. The number of halogens is 8. The van der Waals surface area contributed by atoms with E-state index in [0.717, 1.165) is 13.0 Å². The van der Waals surface area contributed by atoms with Crippen molar-refractivity contribution in [2.75, 3.05) is 6.54 Å². The lowest BCUT2D eigenvalue weighted by Crippen LogP contribution is -2.51. The van der Waals surface area contributed by atoms with Crippen molar-refractivity contribution in [2.45, 2.75) is 6.42 Å². The van der Waals surface area contributed by atoms with Gasteiger partial charge >= 0.3 is 20.2 Å². The van der Waals surface area contributed by atoms with Gasteiger partial charge in [0.05, 0.1) is 6.54 Å². The summed E-state index contributed by atoms with van der Waals surface area (Å²) >= 11 is 0. The summed E-state index contributed by atoms with van der Waals surface area (Å²) < 4.78 is 78.0. The van der Waals surface area contributed by atoms with E-state index in [9.17, 15) is 34.5 Å². The van der Waals surface area contributed by atoms with Crippen LogP contribution in [-0.2, 0) is 6.42 Å². The van der Waals surface area contributed by atoms with E-state index in [1.54, 1.807) is 12.1 Å². The third-order valence-electron chi connectivity index (χ3n) is 1.52. The van der Waals surface area contributed by atoms with E-state index in [-0.39, 0.29) is 0 Å². The summed E-state index contributed by atoms with van der Waals surface area (Å²) in [4.78, 5) is 3.06. The second-order valence-electron chi connectivity index (χ2n) is 3.36. The van der Waals surface area contributed by atoms with Crippen LogP contribution >= 0.6 is 0 Å². The van der Waals surface area contributed by atoms with Gasteiger partial charge in [-0.2, -0.15) is 0 Å². The quantitative estimate of drug-likeness (QED) is 0.505. The lowest BCUT2D eigenvalue weighted by molar-refractivity contribution is -0.366. The zero-order valence-corrected chi connectivity index (χ0v) is 10.5. The first-order valence-corrected chi connectivity index (χ1v) is 5.34. The van der Waals surface area contributed by atoms with E-state index in [1.165, 1.54) is 5.56 Å². The minimum atomic E-state index is -6.00. The Morgan fingerprint density at radius 1 is 0.857 bits per heavy atom. The van der Waals surface area contributed by atoms with Crippen molar-refractivity contribution in [1.29, 1.82) is 5.39 Å². The van der Waals surface area contributed by atoms with Gasteiger partial charge in [-0.15, -0.1) is 0 Å². The molecule has 0 unspecified atom stereocenters. The van der Waals surface area contributed by atoms with E-state index in [4.69, 9.17) is 5.39 Å². The van der Waals surface area contributed by atoms with E-state index in [2.05, 4.69) is 10.7 Å². The molecule has 120 valence electrons. The largest absolute Gasteiger partial charge is 0.673 e. The number of benzene rings is 1. The minimum Gasteiger partial charge on any atom is -0.418 e. The highest BCUT2D eigenvalue weighted by Crippen LogP contribution is 2.12. The van der Waals surface area contributed by atoms with Crippen LogP contribution in [0.4, 0.5) is 40.2 Å². The molecule has 0 aliphatic rings. The molecule has 1 aromatic rings. The number of rotatable bonds is 2. The maximum absolute atomic E-state index is 9.75. The summed E-state index contributed by atoms with van der Waals surface area (Å²) in [5.74, 6) is 0. The zero-order valence-electron chi connectivity index (χ0n) is 10.5. The Kier molecular flexibility index (Phi) is 10.2. The SMILES string of the molecule is F[B-](F)(F)F.F[B-](F)(F)F.N#[N+]c1ccc(CC[NH3+])cc1. The molecule has 0 fully saturated rings. The molecule has 0 spiro atoms. The van der Waals surface area contributed by atoms with E-state index in [1.807, 2.05) is 12.1 Å². The Balaban J connectivity index is 0. The van der Waals surface area contributed by atoms with Gasteiger partial charge in [-0.3, -0.25) is 0 Å². The van der Waals surface area contributed by atoms with E-state index in [0.29, 0.717) is 5.69 Å². The molecular formula is C8H11B2F8N3. The average molecular weight is 323 g/mol. The molecular weight excluding hydrogens is 312 g/mol. The molecule has 0 aromatic heterocycles. The van der Waals surface area contributed by atoms with Crippen molar-refractivity contribution in [3.63, 3.8) is 0 Å². The number of hydrogen-bond acceptors (Lipinski definition) is 1. The van der Waals surface area contributed by atoms with Gasteiger partial charge in [-0.1, -0.05) is 12.1 Å². The number of nitrogens with zero attached hydrogens (tertiary/aromatic N) is 2. The van der Waals surface area contributed by atoms with E-state index < -0.39 is 14.5 Å². The Bertz CT molecular complexity index is 401. The molecule has 0 amide bonds. The highest BCUT2D eigenvalue weighted by atomic mass is 19.5. The summed E-state index contributed by atoms with van der Waals surface area (Å²) in [7, 11) is -12.0. The molecule has 0 bridgehead atoms. The van der Waals surface area contributed by atoms with Crippen LogP contribution in [0.2, 0.25) is 0 Å². The van der Waals surface area contributed by atoms with Crippen LogP contribution in [0, 0.1) is 5.39 Å². The predicted molar refractivity (Wildman–Crippen MR) is 63.0 cm³/mol. The van der Waals surface area contributed by atoms with Crippen LogP contribution in [0.3, 0.4) is 0 Å². The standard InChI is InChI=1S/C8H10N3.2BF4/c9-6-5-7-1-3-8(11-10)4-2-7;2*2-1(3,4)5/h1-4H,5-6,9H2;;/q+1;2*-1/p+1. The molecule has 0 aliphatic carbocycles.